The molecule has 0 rings (SSSR count). The van der Waals surface area contributed by atoms with Gasteiger partial charge in [0, 0.05) is 53.9 Å². The summed E-state index contributed by atoms with van der Waals surface area (Å²) in [6.07, 6.45) is 2.55. The van der Waals surface area contributed by atoms with E-state index in [2.05, 4.69) is 33.2 Å². The third-order valence-corrected chi connectivity index (χ3v) is 4.52. The SMILES string of the molecule is C=C=CCCN(CCN(CC(N)=O)CC(=O)NC)CCN(CC(=O)NC)CC(=O)NC. The van der Waals surface area contributed by atoms with Gasteiger partial charge in [-0.3, -0.25) is 29.0 Å². The van der Waals surface area contributed by atoms with Crippen molar-refractivity contribution in [1.82, 2.24) is 30.7 Å². The number of nitrogens with one attached hydrogen (secondary N) is 3. The van der Waals surface area contributed by atoms with Gasteiger partial charge in [0.25, 0.3) is 0 Å². The van der Waals surface area contributed by atoms with Crippen molar-refractivity contribution in [2.45, 2.75) is 6.42 Å². The van der Waals surface area contributed by atoms with Crippen LogP contribution in [-0.2, 0) is 19.2 Å². The van der Waals surface area contributed by atoms with Crippen molar-refractivity contribution in [1.29, 1.82) is 0 Å². The molecule has 4 amide bonds. The Kier molecular flexibility index (Phi) is 15.5. The molecule has 5 N–H and O–H groups in total. The van der Waals surface area contributed by atoms with Crippen LogP contribution in [0.15, 0.2) is 18.4 Å². The first-order valence-corrected chi connectivity index (χ1v) is 10.2. The number of hydrogen-bond donors (Lipinski definition) is 4. The van der Waals surface area contributed by atoms with Gasteiger partial charge < -0.3 is 26.6 Å². The van der Waals surface area contributed by atoms with Gasteiger partial charge in [0.05, 0.1) is 26.2 Å². The minimum atomic E-state index is -0.507. The van der Waals surface area contributed by atoms with Crippen molar-refractivity contribution in [2.75, 3.05) is 80.0 Å². The van der Waals surface area contributed by atoms with E-state index < -0.39 is 5.91 Å². The monoisotopic (exact) mass is 439 g/mol. The molecule has 0 atom stereocenters. The molecule has 0 saturated carbocycles. The molecule has 0 aliphatic heterocycles. The standard InChI is InChI=1S/C20H37N7O4/c1-5-6-7-8-25(9-11-26(13-17(21)28)14-18(29)22-2)10-12-27(15-19(30)23-3)16-20(31)24-4/h6H,1,7-16H2,2-4H3,(H2,21,28)(H,22,29)(H,23,30)(H,24,31). The number of nitrogens with zero attached hydrogens (tertiary/aromatic N) is 3. The topological polar surface area (TPSA) is 140 Å². The van der Waals surface area contributed by atoms with Gasteiger partial charge in [0.15, 0.2) is 0 Å². The van der Waals surface area contributed by atoms with Crippen LogP contribution < -0.4 is 21.7 Å². The Bertz CT molecular complexity index is 617. The van der Waals surface area contributed by atoms with E-state index in [4.69, 9.17) is 5.73 Å². The Morgan fingerprint density at radius 3 is 1.48 bits per heavy atom. The summed E-state index contributed by atoms with van der Waals surface area (Å²) in [5, 5.41) is 7.66. The Morgan fingerprint density at radius 1 is 0.742 bits per heavy atom. The molecule has 0 aliphatic carbocycles. The van der Waals surface area contributed by atoms with Crippen LogP contribution in [0.1, 0.15) is 6.42 Å². The van der Waals surface area contributed by atoms with Gasteiger partial charge in [-0.15, -0.1) is 5.73 Å². The van der Waals surface area contributed by atoms with Gasteiger partial charge in [0.1, 0.15) is 0 Å². The van der Waals surface area contributed by atoms with Crippen molar-refractivity contribution >= 4 is 23.6 Å². The molecule has 0 spiro atoms. The van der Waals surface area contributed by atoms with E-state index in [0.717, 1.165) is 6.42 Å². The predicted octanol–water partition coefficient (Wildman–Crippen LogP) is -2.65. The van der Waals surface area contributed by atoms with E-state index in [0.29, 0.717) is 32.7 Å². The van der Waals surface area contributed by atoms with Gasteiger partial charge in [-0.2, -0.15) is 0 Å². The minimum Gasteiger partial charge on any atom is -0.369 e. The fraction of sp³-hybridized carbons (Fsp3) is 0.650. The maximum absolute atomic E-state index is 11.8. The van der Waals surface area contributed by atoms with E-state index >= 15 is 0 Å². The van der Waals surface area contributed by atoms with Crippen molar-refractivity contribution in [3.8, 4) is 0 Å². The second kappa shape index (κ2) is 17.0. The van der Waals surface area contributed by atoms with E-state index in [-0.39, 0.29) is 43.9 Å². The third kappa shape index (κ3) is 14.8. The normalized spacial score (nSPS) is 10.6. The molecule has 11 nitrogen and oxygen atoms in total. The lowest BCUT2D eigenvalue weighted by Gasteiger charge is -2.29. The highest BCUT2D eigenvalue weighted by Gasteiger charge is 2.17. The zero-order valence-electron chi connectivity index (χ0n) is 18.9. The Morgan fingerprint density at radius 2 is 1.13 bits per heavy atom. The molecular weight excluding hydrogens is 402 g/mol. The number of likely N-dealkylation sites (N-methyl/N-ethyl adjacent to an activating group) is 3. The lowest BCUT2D eigenvalue weighted by atomic mass is 10.3. The van der Waals surface area contributed by atoms with Crippen molar-refractivity contribution in [3.05, 3.63) is 18.4 Å². The number of amides is 4. The smallest absolute Gasteiger partial charge is 0.233 e. The molecule has 0 unspecified atom stereocenters. The summed E-state index contributed by atoms with van der Waals surface area (Å²) in [7, 11) is 4.63. The maximum atomic E-state index is 11.8. The highest BCUT2D eigenvalue weighted by Crippen LogP contribution is 1.99. The molecule has 0 aromatic rings. The predicted molar refractivity (Wildman–Crippen MR) is 119 cm³/mol. The summed E-state index contributed by atoms with van der Waals surface area (Å²) in [6, 6.07) is 0. The molecule has 0 fully saturated rings. The summed E-state index contributed by atoms with van der Waals surface area (Å²) in [5.74, 6) is -1.07. The van der Waals surface area contributed by atoms with E-state index in [1.165, 1.54) is 7.05 Å². The average Bonchev–Trinajstić information content (AvgIpc) is 2.73. The Balaban J connectivity index is 5.07. The largest absolute Gasteiger partial charge is 0.369 e. The van der Waals surface area contributed by atoms with E-state index in [1.54, 1.807) is 23.9 Å². The van der Waals surface area contributed by atoms with Gasteiger partial charge >= 0.3 is 0 Å². The Hall–Kier alpha value is -2.72. The number of rotatable bonds is 17. The molecule has 0 saturated heterocycles. The lowest BCUT2D eigenvalue weighted by Crippen LogP contribution is -2.47. The minimum absolute atomic E-state index is 0.0205. The first kappa shape index (κ1) is 28.3. The molecule has 0 bridgehead atoms. The molecule has 0 heterocycles. The van der Waals surface area contributed by atoms with Crippen LogP contribution in [0.3, 0.4) is 0 Å². The molecule has 0 aromatic carbocycles. The van der Waals surface area contributed by atoms with Gasteiger partial charge in [-0.1, -0.05) is 6.58 Å². The van der Waals surface area contributed by atoms with Crippen LogP contribution in [0.5, 0.6) is 0 Å². The maximum Gasteiger partial charge on any atom is 0.233 e. The highest BCUT2D eigenvalue weighted by atomic mass is 16.2. The lowest BCUT2D eigenvalue weighted by molar-refractivity contribution is -0.125. The van der Waals surface area contributed by atoms with Gasteiger partial charge in [-0.25, -0.2) is 0 Å². The van der Waals surface area contributed by atoms with Crippen LogP contribution in [0.4, 0.5) is 0 Å². The molecule has 0 aromatic heterocycles. The van der Waals surface area contributed by atoms with Crippen LogP contribution in [0, 0.1) is 0 Å². The summed E-state index contributed by atoms with van der Waals surface area (Å²) in [6.45, 7) is 6.63. The van der Waals surface area contributed by atoms with Crippen LogP contribution in [0.2, 0.25) is 0 Å². The Labute approximate surface area is 184 Å². The number of carbonyl (C=O) groups is 4. The summed E-state index contributed by atoms with van der Waals surface area (Å²) in [5.41, 5.74) is 8.04. The summed E-state index contributed by atoms with van der Waals surface area (Å²) in [4.78, 5) is 52.2. The fourth-order valence-electron chi connectivity index (χ4n) is 2.75. The molecule has 0 aliphatic rings. The second-order valence-corrected chi connectivity index (χ2v) is 6.95. The molecule has 0 radical (unpaired) electrons. The molecular formula is C20H37N7O4. The summed E-state index contributed by atoms with van der Waals surface area (Å²) >= 11 is 0. The zero-order valence-corrected chi connectivity index (χ0v) is 18.9. The number of carbonyl (C=O) groups excluding carboxylic acids is 4. The van der Waals surface area contributed by atoms with Crippen LogP contribution >= 0.6 is 0 Å². The molecule has 176 valence electrons. The van der Waals surface area contributed by atoms with Crippen molar-refractivity contribution < 1.29 is 19.2 Å². The van der Waals surface area contributed by atoms with Crippen molar-refractivity contribution in [3.63, 3.8) is 0 Å². The van der Waals surface area contributed by atoms with Crippen molar-refractivity contribution in [2.24, 2.45) is 5.73 Å². The van der Waals surface area contributed by atoms with E-state index in [9.17, 15) is 19.2 Å². The third-order valence-electron chi connectivity index (χ3n) is 4.52. The number of nitrogens with two attached hydrogens (primary N) is 1. The van der Waals surface area contributed by atoms with Gasteiger partial charge in [-0.05, 0) is 12.5 Å². The molecule has 31 heavy (non-hydrogen) atoms. The quantitative estimate of drug-likeness (QED) is 0.181. The highest BCUT2D eigenvalue weighted by molar-refractivity contribution is 5.81. The first-order valence-electron chi connectivity index (χ1n) is 10.2. The number of primary amides is 1. The molecule has 11 heteroatoms. The van der Waals surface area contributed by atoms with Crippen LogP contribution in [-0.4, -0.2) is 118 Å². The average molecular weight is 440 g/mol. The summed E-state index contributed by atoms with van der Waals surface area (Å²) < 4.78 is 0. The fourth-order valence-corrected chi connectivity index (χ4v) is 2.75. The first-order chi connectivity index (χ1) is 14.7. The van der Waals surface area contributed by atoms with Crippen LogP contribution in [0.25, 0.3) is 0 Å². The second-order valence-electron chi connectivity index (χ2n) is 6.95. The van der Waals surface area contributed by atoms with E-state index in [1.807, 2.05) is 6.08 Å². The van der Waals surface area contributed by atoms with Gasteiger partial charge in [0.2, 0.25) is 23.6 Å². The number of hydrogen-bond acceptors (Lipinski definition) is 7. The zero-order chi connectivity index (χ0) is 23.6.